The van der Waals surface area contributed by atoms with Gasteiger partial charge >= 0.3 is 5.97 Å². The molecule has 0 radical (unpaired) electrons. The molecule has 6 nitrogen and oxygen atoms in total. The van der Waals surface area contributed by atoms with Crippen LogP contribution in [0.1, 0.15) is 5.56 Å². The largest absolute Gasteiger partial charge is 0.502 e. The molecule has 0 heterocycles. The van der Waals surface area contributed by atoms with Crippen molar-refractivity contribution >= 4 is 23.5 Å². The lowest BCUT2D eigenvalue weighted by Gasteiger charge is -2.18. The predicted octanol–water partition coefficient (Wildman–Crippen LogP) is 1.90. The van der Waals surface area contributed by atoms with E-state index in [9.17, 15) is 14.0 Å². The number of aliphatic hydroxyl groups is 1. The topological polar surface area (TPSA) is 87.1 Å². The molecular formula is C12H11ClFNO5. The minimum absolute atomic E-state index is 0.0985. The zero-order valence-electron chi connectivity index (χ0n) is 10.3. The first-order valence-electron chi connectivity index (χ1n) is 5.28. The molecule has 8 heteroatoms. The molecule has 0 atom stereocenters. The molecule has 0 spiro atoms. The first-order chi connectivity index (χ1) is 9.35. The van der Waals surface area contributed by atoms with Crippen LogP contribution in [0.2, 0.25) is 5.02 Å². The van der Waals surface area contributed by atoms with Gasteiger partial charge in [-0.15, -0.1) is 0 Å². The summed E-state index contributed by atoms with van der Waals surface area (Å²) >= 11 is 5.60. The minimum Gasteiger partial charge on any atom is -0.502 e. The molecule has 0 aliphatic carbocycles. The SMILES string of the molecule is CON(Cc1ccc(F)c(Cl)c1)C(=O)C=C(O)C(=O)O. The van der Waals surface area contributed by atoms with Crippen LogP contribution < -0.4 is 0 Å². The second kappa shape index (κ2) is 6.88. The van der Waals surface area contributed by atoms with E-state index >= 15 is 0 Å². The Morgan fingerprint density at radius 1 is 1.45 bits per heavy atom. The number of carboxylic acids is 1. The number of hydrogen-bond acceptors (Lipinski definition) is 4. The molecule has 0 saturated carbocycles. The van der Waals surface area contributed by atoms with Crippen LogP contribution in [-0.2, 0) is 21.0 Å². The van der Waals surface area contributed by atoms with Crippen molar-refractivity contribution in [3.05, 3.63) is 46.4 Å². The van der Waals surface area contributed by atoms with Gasteiger partial charge in [-0.2, -0.15) is 0 Å². The lowest BCUT2D eigenvalue weighted by atomic mass is 10.2. The Bertz CT molecular complexity index is 561. The maximum Gasteiger partial charge on any atom is 0.371 e. The van der Waals surface area contributed by atoms with Crippen LogP contribution in [0.4, 0.5) is 4.39 Å². The highest BCUT2D eigenvalue weighted by Crippen LogP contribution is 2.17. The van der Waals surface area contributed by atoms with E-state index in [2.05, 4.69) is 0 Å². The van der Waals surface area contributed by atoms with Crippen LogP contribution in [0.15, 0.2) is 30.0 Å². The van der Waals surface area contributed by atoms with Gasteiger partial charge in [0.05, 0.1) is 24.8 Å². The average molecular weight is 304 g/mol. The summed E-state index contributed by atoms with van der Waals surface area (Å²) in [6, 6.07) is 3.82. The van der Waals surface area contributed by atoms with Crippen molar-refractivity contribution in [2.45, 2.75) is 6.54 Å². The fraction of sp³-hybridized carbons (Fsp3) is 0.167. The highest BCUT2D eigenvalue weighted by Gasteiger charge is 2.15. The Labute approximate surface area is 118 Å². The third kappa shape index (κ3) is 4.22. The molecule has 0 unspecified atom stereocenters. The maximum absolute atomic E-state index is 13.0. The fourth-order valence-electron chi connectivity index (χ4n) is 1.29. The average Bonchev–Trinajstić information content (AvgIpc) is 2.39. The zero-order valence-corrected chi connectivity index (χ0v) is 11.1. The first-order valence-corrected chi connectivity index (χ1v) is 5.66. The molecule has 1 aromatic rings. The van der Waals surface area contributed by atoms with Gasteiger partial charge in [0.25, 0.3) is 5.91 Å². The molecule has 0 aliphatic heterocycles. The second-order valence-corrected chi connectivity index (χ2v) is 4.05. The van der Waals surface area contributed by atoms with E-state index in [-0.39, 0.29) is 11.6 Å². The van der Waals surface area contributed by atoms with Gasteiger partial charge in [-0.05, 0) is 17.7 Å². The van der Waals surface area contributed by atoms with E-state index < -0.39 is 23.5 Å². The molecule has 0 bridgehead atoms. The summed E-state index contributed by atoms with van der Waals surface area (Å²) in [6.45, 7) is -0.0985. The van der Waals surface area contributed by atoms with Crippen LogP contribution >= 0.6 is 11.6 Å². The number of nitrogens with zero attached hydrogens (tertiary/aromatic N) is 1. The third-order valence-electron chi connectivity index (χ3n) is 2.26. The smallest absolute Gasteiger partial charge is 0.371 e. The second-order valence-electron chi connectivity index (χ2n) is 3.64. The summed E-state index contributed by atoms with van der Waals surface area (Å²) < 4.78 is 13.0. The van der Waals surface area contributed by atoms with Gasteiger partial charge in [0, 0.05) is 0 Å². The number of aliphatic hydroxyl groups excluding tert-OH is 1. The number of hydroxylamine groups is 2. The van der Waals surface area contributed by atoms with Crippen molar-refractivity contribution in [3.63, 3.8) is 0 Å². The summed E-state index contributed by atoms with van der Waals surface area (Å²) in [5.41, 5.74) is 0.467. The van der Waals surface area contributed by atoms with Gasteiger partial charge < -0.3 is 10.2 Å². The number of amides is 1. The van der Waals surface area contributed by atoms with Crippen LogP contribution in [-0.4, -0.2) is 34.3 Å². The van der Waals surface area contributed by atoms with Gasteiger partial charge in [-0.25, -0.2) is 14.2 Å². The number of rotatable bonds is 5. The van der Waals surface area contributed by atoms with Crippen molar-refractivity contribution < 1.29 is 29.0 Å². The van der Waals surface area contributed by atoms with Gasteiger partial charge in [0.2, 0.25) is 5.76 Å². The summed E-state index contributed by atoms with van der Waals surface area (Å²) in [4.78, 5) is 26.8. The maximum atomic E-state index is 13.0. The van der Waals surface area contributed by atoms with Gasteiger partial charge in [0.1, 0.15) is 5.82 Å². The lowest BCUT2D eigenvalue weighted by molar-refractivity contribution is -0.173. The monoisotopic (exact) mass is 303 g/mol. The third-order valence-corrected chi connectivity index (χ3v) is 2.55. The molecule has 0 fully saturated rings. The van der Waals surface area contributed by atoms with E-state index in [1.54, 1.807) is 0 Å². The van der Waals surface area contributed by atoms with Crippen LogP contribution in [0.25, 0.3) is 0 Å². The quantitative estimate of drug-likeness (QED) is 0.493. The summed E-state index contributed by atoms with van der Waals surface area (Å²) in [6.07, 6.45) is 0.497. The Hall–Kier alpha value is -2.12. The van der Waals surface area contributed by atoms with E-state index in [0.29, 0.717) is 11.6 Å². The number of carbonyl (C=O) groups excluding carboxylic acids is 1. The van der Waals surface area contributed by atoms with Crippen molar-refractivity contribution in [1.82, 2.24) is 5.06 Å². The van der Waals surface area contributed by atoms with E-state index in [4.69, 9.17) is 26.7 Å². The molecule has 108 valence electrons. The number of aliphatic carboxylic acids is 1. The number of carboxylic acid groups (broad SMARTS) is 1. The van der Waals surface area contributed by atoms with Crippen LogP contribution in [0.5, 0.6) is 0 Å². The van der Waals surface area contributed by atoms with E-state index in [1.165, 1.54) is 19.2 Å². The number of halogens is 2. The fourth-order valence-corrected chi connectivity index (χ4v) is 1.49. The molecule has 1 aromatic carbocycles. The summed E-state index contributed by atoms with van der Waals surface area (Å²) in [5, 5.41) is 18.1. The standard InChI is InChI=1S/C12H11ClFNO5/c1-20-15(11(17)5-10(16)12(18)19)6-7-2-3-9(14)8(13)4-7/h2-5,16H,6H2,1H3,(H,18,19). The van der Waals surface area contributed by atoms with Crippen LogP contribution in [0, 0.1) is 5.82 Å². The highest BCUT2D eigenvalue weighted by atomic mass is 35.5. The number of carbonyl (C=O) groups is 2. The molecule has 0 saturated heterocycles. The van der Waals surface area contributed by atoms with Gasteiger partial charge in [-0.3, -0.25) is 9.63 Å². The Morgan fingerprint density at radius 2 is 2.10 bits per heavy atom. The van der Waals surface area contributed by atoms with E-state index in [1.807, 2.05) is 0 Å². The number of benzene rings is 1. The summed E-state index contributed by atoms with van der Waals surface area (Å²) in [5.74, 6) is -4.24. The predicted molar refractivity (Wildman–Crippen MR) is 67.3 cm³/mol. The molecule has 1 amide bonds. The van der Waals surface area contributed by atoms with Crippen LogP contribution in [0.3, 0.4) is 0 Å². The van der Waals surface area contributed by atoms with Gasteiger partial charge in [-0.1, -0.05) is 17.7 Å². The van der Waals surface area contributed by atoms with Gasteiger partial charge in [0.15, 0.2) is 0 Å². The van der Waals surface area contributed by atoms with Crippen molar-refractivity contribution in [2.24, 2.45) is 0 Å². The Kier molecular flexibility index (Phi) is 5.48. The Balaban J connectivity index is 2.86. The molecule has 0 aromatic heterocycles. The lowest BCUT2D eigenvalue weighted by Crippen LogP contribution is -2.28. The number of hydrogen-bond donors (Lipinski definition) is 2. The Morgan fingerprint density at radius 3 is 2.60 bits per heavy atom. The molecular weight excluding hydrogens is 293 g/mol. The molecule has 0 aliphatic rings. The first kappa shape index (κ1) is 15.9. The van der Waals surface area contributed by atoms with E-state index in [0.717, 1.165) is 11.1 Å². The van der Waals surface area contributed by atoms with Crippen molar-refractivity contribution in [1.29, 1.82) is 0 Å². The highest BCUT2D eigenvalue weighted by molar-refractivity contribution is 6.30. The molecule has 1 rings (SSSR count). The molecule has 2 N–H and O–H groups in total. The molecule has 20 heavy (non-hydrogen) atoms. The minimum atomic E-state index is -1.64. The van der Waals surface area contributed by atoms with Crippen molar-refractivity contribution in [2.75, 3.05) is 7.11 Å². The summed E-state index contributed by atoms with van der Waals surface area (Å²) in [7, 11) is 1.19. The zero-order chi connectivity index (χ0) is 15.3. The van der Waals surface area contributed by atoms with Crippen molar-refractivity contribution in [3.8, 4) is 0 Å². The normalized spacial score (nSPS) is 11.2.